The number of fused-ring (bicyclic) bond motifs is 1. The average Bonchev–Trinajstić information content (AvgIpc) is 2.85. The molecule has 1 aliphatic carbocycles. The van der Waals surface area contributed by atoms with Crippen LogP contribution in [0.2, 0.25) is 0 Å². The van der Waals surface area contributed by atoms with Crippen molar-refractivity contribution in [2.75, 3.05) is 5.73 Å². The maximum atomic E-state index is 10.9. The summed E-state index contributed by atoms with van der Waals surface area (Å²) in [5, 5.41) is 10.9. The molecule has 1 aromatic carbocycles. The third-order valence-corrected chi connectivity index (χ3v) is 3.52. The lowest BCUT2D eigenvalue weighted by Gasteiger charge is -2.23. The molecule has 1 aliphatic rings. The highest BCUT2D eigenvalue weighted by Crippen LogP contribution is 2.41. The van der Waals surface area contributed by atoms with Gasteiger partial charge in [-0.25, -0.2) is 4.98 Å². The molecule has 0 aliphatic heterocycles. The van der Waals surface area contributed by atoms with Gasteiger partial charge in [-0.05, 0) is 36.1 Å². The molecule has 0 fully saturated rings. The Kier molecular flexibility index (Phi) is 2.03. The Hall–Kier alpha value is -1.81. The summed E-state index contributed by atoms with van der Waals surface area (Å²) < 4.78 is 1.87. The molecule has 0 saturated carbocycles. The number of nitrogen functional groups attached to an aromatic ring is 1. The second-order valence-electron chi connectivity index (χ2n) is 4.64. The molecule has 1 atom stereocenters. The largest absolute Gasteiger partial charge is 0.399 e. The van der Waals surface area contributed by atoms with Gasteiger partial charge in [0.25, 0.3) is 0 Å². The normalized spacial score (nSPS) is 22.7. The van der Waals surface area contributed by atoms with Crippen molar-refractivity contribution in [3.05, 3.63) is 47.5 Å². The standard InChI is InChI=1S/C13H15N3O/c1-16-7-6-15-12(16)13(17)5-4-9-8-10(14)2-3-11(9)13/h2-3,6-8,17H,4-5,14H2,1H3. The molecule has 3 rings (SSSR count). The second kappa shape index (κ2) is 3.34. The first kappa shape index (κ1) is 10.4. The fraction of sp³-hybridized carbons (Fsp3) is 0.308. The lowest BCUT2D eigenvalue weighted by atomic mass is 9.95. The monoisotopic (exact) mass is 229 g/mol. The van der Waals surface area contributed by atoms with Gasteiger partial charge in [-0.3, -0.25) is 0 Å². The predicted molar refractivity (Wildman–Crippen MR) is 65.4 cm³/mol. The first-order valence-electron chi connectivity index (χ1n) is 5.70. The van der Waals surface area contributed by atoms with Crippen LogP contribution in [0.15, 0.2) is 30.6 Å². The molecule has 1 unspecified atom stereocenters. The minimum atomic E-state index is -0.971. The number of nitrogens with two attached hydrogens (primary N) is 1. The minimum Gasteiger partial charge on any atom is -0.399 e. The van der Waals surface area contributed by atoms with Crippen LogP contribution in [0.3, 0.4) is 0 Å². The van der Waals surface area contributed by atoms with E-state index in [9.17, 15) is 5.11 Å². The molecule has 1 heterocycles. The number of imidazole rings is 1. The highest BCUT2D eigenvalue weighted by molar-refractivity contribution is 5.50. The van der Waals surface area contributed by atoms with E-state index < -0.39 is 5.60 Å². The van der Waals surface area contributed by atoms with Crippen LogP contribution in [0, 0.1) is 0 Å². The molecular formula is C13H15N3O. The first-order chi connectivity index (χ1) is 8.11. The van der Waals surface area contributed by atoms with Gasteiger partial charge in [0.15, 0.2) is 0 Å². The van der Waals surface area contributed by atoms with Gasteiger partial charge in [0.05, 0.1) is 0 Å². The summed E-state index contributed by atoms with van der Waals surface area (Å²) in [6.45, 7) is 0. The van der Waals surface area contributed by atoms with Crippen molar-refractivity contribution in [2.24, 2.45) is 7.05 Å². The van der Waals surface area contributed by atoms with Crippen LogP contribution in [0.5, 0.6) is 0 Å². The summed E-state index contributed by atoms with van der Waals surface area (Å²) in [4.78, 5) is 4.27. The van der Waals surface area contributed by atoms with E-state index in [1.165, 1.54) is 0 Å². The lowest BCUT2D eigenvalue weighted by molar-refractivity contribution is 0.0704. The zero-order valence-corrected chi connectivity index (χ0v) is 9.72. The van der Waals surface area contributed by atoms with E-state index in [4.69, 9.17) is 5.73 Å². The molecule has 0 spiro atoms. The van der Waals surface area contributed by atoms with Gasteiger partial charge < -0.3 is 15.4 Å². The number of hydrogen-bond donors (Lipinski definition) is 2. The number of aryl methyl sites for hydroxylation is 2. The van der Waals surface area contributed by atoms with Gasteiger partial charge in [-0.2, -0.15) is 0 Å². The van der Waals surface area contributed by atoms with Crippen LogP contribution >= 0.6 is 0 Å². The SMILES string of the molecule is Cn1ccnc1C1(O)CCc2cc(N)ccc21. The minimum absolute atomic E-state index is 0.663. The molecule has 4 heteroatoms. The number of anilines is 1. The van der Waals surface area contributed by atoms with Gasteiger partial charge in [0.1, 0.15) is 11.4 Å². The average molecular weight is 229 g/mol. The van der Waals surface area contributed by atoms with Crippen molar-refractivity contribution >= 4 is 5.69 Å². The number of nitrogens with zero attached hydrogens (tertiary/aromatic N) is 2. The summed E-state index contributed by atoms with van der Waals surface area (Å²) >= 11 is 0. The molecule has 17 heavy (non-hydrogen) atoms. The van der Waals surface area contributed by atoms with Crippen molar-refractivity contribution in [3.8, 4) is 0 Å². The Morgan fingerprint density at radius 1 is 1.47 bits per heavy atom. The van der Waals surface area contributed by atoms with Crippen LogP contribution in [0.1, 0.15) is 23.4 Å². The van der Waals surface area contributed by atoms with Crippen LogP contribution < -0.4 is 5.73 Å². The molecular weight excluding hydrogens is 214 g/mol. The Labute approximate surface area is 99.7 Å². The number of aromatic nitrogens is 2. The third kappa shape index (κ3) is 1.37. The summed E-state index contributed by atoms with van der Waals surface area (Å²) in [6, 6.07) is 5.68. The molecule has 2 aromatic rings. The molecule has 1 aromatic heterocycles. The van der Waals surface area contributed by atoms with Crippen molar-refractivity contribution in [1.29, 1.82) is 0 Å². The van der Waals surface area contributed by atoms with Crippen molar-refractivity contribution in [2.45, 2.75) is 18.4 Å². The van der Waals surface area contributed by atoms with E-state index in [0.717, 1.165) is 23.2 Å². The zero-order valence-electron chi connectivity index (χ0n) is 9.72. The van der Waals surface area contributed by atoms with E-state index in [1.807, 2.05) is 36.0 Å². The maximum absolute atomic E-state index is 10.9. The highest BCUT2D eigenvalue weighted by atomic mass is 16.3. The molecule has 0 saturated heterocycles. The van der Waals surface area contributed by atoms with E-state index in [0.29, 0.717) is 12.2 Å². The summed E-state index contributed by atoms with van der Waals surface area (Å²) in [6.07, 6.45) is 5.06. The predicted octanol–water partition coefficient (Wildman–Crippen LogP) is 1.18. The van der Waals surface area contributed by atoms with Gasteiger partial charge in [0.2, 0.25) is 0 Å². The number of benzene rings is 1. The molecule has 3 N–H and O–H groups in total. The van der Waals surface area contributed by atoms with Crippen LogP contribution in [-0.2, 0) is 19.1 Å². The van der Waals surface area contributed by atoms with Gasteiger partial charge >= 0.3 is 0 Å². The fourth-order valence-corrected chi connectivity index (χ4v) is 2.67. The Bertz CT molecular complexity index is 576. The van der Waals surface area contributed by atoms with Gasteiger partial charge in [-0.1, -0.05) is 6.07 Å². The molecule has 88 valence electrons. The van der Waals surface area contributed by atoms with Crippen molar-refractivity contribution < 1.29 is 5.11 Å². The van der Waals surface area contributed by atoms with Crippen molar-refractivity contribution in [3.63, 3.8) is 0 Å². The number of rotatable bonds is 1. The lowest BCUT2D eigenvalue weighted by Crippen LogP contribution is -2.27. The Balaban J connectivity index is 2.17. The topological polar surface area (TPSA) is 64.1 Å². The van der Waals surface area contributed by atoms with E-state index >= 15 is 0 Å². The van der Waals surface area contributed by atoms with Crippen LogP contribution in [0.4, 0.5) is 5.69 Å². The summed E-state index contributed by atoms with van der Waals surface area (Å²) in [7, 11) is 1.90. The quantitative estimate of drug-likeness (QED) is 0.722. The smallest absolute Gasteiger partial charge is 0.148 e. The summed E-state index contributed by atoms with van der Waals surface area (Å²) in [5.74, 6) is 0.695. The van der Waals surface area contributed by atoms with Crippen LogP contribution in [0.25, 0.3) is 0 Å². The number of hydrogen-bond acceptors (Lipinski definition) is 3. The Morgan fingerprint density at radius 2 is 2.29 bits per heavy atom. The zero-order chi connectivity index (χ0) is 12.0. The van der Waals surface area contributed by atoms with E-state index in [2.05, 4.69) is 4.98 Å². The maximum Gasteiger partial charge on any atom is 0.148 e. The highest BCUT2D eigenvalue weighted by Gasteiger charge is 2.41. The van der Waals surface area contributed by atoms with Gasteiger partial charge in [-0.15, -0.1) is 0 Å². The third-order valence-electron chi connectivity index (χ3n) is 3.52. The molecule has 0 bridgehead atoms. The van der Waals surface area contributed by atoms with Gasteiger partial charge in [0, 0.05) is 25.1 Å². The second-order valence-corrected chi connectivity index (χ2v) is 4.64. The molecule has 0 radical (unpaired) electrons. The first-order valence-corrected chi connectivity index (χ1v) is 5.70. The van der Waals surface area contributed by atoms with E-state index in [1.54, 1.807) is 6.20 Å². The van der Waals surface area contributed by atoms with Crippen molar-refractivity contribution in [1.82, 2.24) is 9.55 Å². The number of aliphatic hydroxyl groups is 1. The van der Waals surface area contributed by atoms with E-state index in [-0.39, 0.29) is 0 Å². The van der Waals surface area contributed by atoms with Crippen LogP contribution in [-0.4, -0.2) is 14.7 Å². The Morgan fingerprint density at radius 3 is 3.00 bits per heavy atom. The molecule has 4 nitrogen and oxygen atoms in total. The molecule has 0 amide bonds. The summed E-state index contributed by atoms with van der Waals surface area (Å²) in [5.41, 5.74) is 7.59. The fourth-order valence-electron chi connectivity index (χ4n) is 2.67.